The van der Waals surface area contributed by atoms with Crippen molar-refractivity contribution in [2.75, 3.05) is 18.8 Å². The zero-order valence-electron chi connectivity index (χ0n) is 13.1. The van der Waals surface area contributed by atoms with Crippen LogP contribution in [0.4, 0.5) is 0 Å². The molecule has 0 bridgehead atoms. The van der Waals surface area contributed by atoms with Crippen LogP contribution in [0, 0.1) is 5.92 Å². The average Bonchev–Trinajstić information content (AvgIpc) is 3.12. The standard InChI is InChI=1S/C17H22N2O3S/c20-15(12-4-5-12)19-14(16(21)18-7-2-1-3-8-18)11-23-17(19)13-6-9-22-10-13/h6,9-10,12,14,17H,1-5,7-8,11H2. The third-order valence-electron chi connectivity index (χ3n) is 4.96. The summed E-state index contributed by atoms with van der Waals surface area (Å²) in [6, 6.07) is 1.59. The molecule has 5 nitrogen and oxygen atoms in total. The molecule has 0 N–H and O–H groups in total. The van der Waals surface area contributed by atoms with Crippen molar-refractivity contribution in [3.8, 4) is 0 Å². The van der Waals surface area contributed by atoms with Crippen LogP contribution in [0.15, 0.2) is 23.0 Å². The summed E-state index contributed by atoms with van der Waals surface area (Å²) in [5.41, 5.74) is 0.984. The van der Waals surface area contributed by atoms with Crippen molar-refractivity contribution in [3.63, 3.8) is 0 Å². The van der Waals surface area contributed by atoms with Crippen LogP contribution >= 0.6 is 11.8 Å². The van der Waals surface area contributed by atoms with E-state index in [0.29, 0.717) is 5.75 Å². The lowest BCUT2D eigenvalue weighted by Gasteiger charge is -2.34. The zero-order valence-corrected chi connectivity index (χ0v) is 14.0. The molecule has 0 radical (unpaired) electrons. The lowest BCUT2D eigenvalue weighted by atomic mass is 10.1. The number of likely N-dealkylation sites (tertiary alicyclic amines) is 1. The van der Waals surface area contributed by atoms with Gasteiger partial charge in [0.05, 0.1) is 12.5 Å². The summed E-state index contributed by atoms with van der Waals surface area (Å²) in [5.74, 6) is 1.09. The van der Waals surface area contributed by atoms with Crippen LogP contribution in [-0.4, -0.2) is 46.5 Å². The first-order chi connectivity index (χ1) is 11.3. The number of furan rings is 1. The summed E-state index contributed by atoms with van der Waals surface area (Å²) >= 11 is 1.68. The topological polar surface area (TPSA) is 53.8 Å². The van der Waals surface area contributed by atoms with Crippen LogP contribution in [0.5, 0.6) is 0 Å². The first-order valence-electron chi connectivity index (χ1n) is 8.50. The minimum absolute atomic E-state index is 0.0828. The van der Waals surface area contributed by atoms with E-state index in [9.17, 15) is 9.59 Å². The van der Waals surface area contributed by atoms with E-state index in [1.54, 1.807) is 24.3 Å². The third-order valence-corrected chi connectivity index (χ3v) is 6.29. The Balaban J connectivity index is 1.57. The van der Waals surface area contributed by atoms with Crippen LogP contribution in [0.25, 0.3) is 0 Å². The smallest absolute Gasteiger partial charge is 0.246 e. The molecule has 4 rings (SSSR count). The van der Waals surface area contributed by atoms with Crippen molar-refractivity contribution in [1.82, 2.24) is 9.80 Å². The molecular formula is C17H22N2O3S. The summed E-state index contributed by atoms with van der Waals surface area (Å²) in [5, 5.41) is -0.0828. The first-order valence-corrected chi connectivity index (χ1v) is 9.55. The molecule has 3 aliphatic rings. The Bertz CT molecular complexity index is 579. The molecule has 3 fully saturated rings. The molecule has 1 aliphatic carbocycles. The van der Waals surface area contributed by atoms with Crippen molar-refractivity contribution >= 4 is 23.6 Å². The van der Waals surface area contributed by atoms with Crippen LogP contribution in [0.1, 0.15) is 43.0 Å². The normalized spacial score (nSPS) is 28.2. The van der Waals surface area contributed by atoms with E-state index in [1.807, 2.05) is 15.9 Å². The SMILES string of the molecule is O=C(C1CSC(c2ccoc2)N1C(=O)C1CC1)N1CCCCC1. The number of nitrogens with zero attached hydrogens (tertiary/aromatic N) is 2. The Labute approximate surface area is 140 Å². The summed E-state index contributed by atoms with van der Waals surface area (Å²) in [6.45, 7) is 1.67. The highest BCUT2D eigenvalue weighted by atomic mass is 32.2. The first kappa shape index (κ1) is 15.1. The lowest BCUT2D eigenvalue weighted by Crippen LogP contribution is -2.51. The van der Waals surface area contributed by atoms with Crippen LogP contribution in [0.2, 0.25) is 0 Å². The highest BCUT2D eigenvalue weighted by molar-refractivity contribution is 7.99. The summed E-state index contributed by atoms with van der Waals surface area (Å²) in [7, 11) is 0. The molecule has 23 heavy (non-hydrogen) atoms. The molecular weight excluding hydrogens is 312 g/mol. The Morgan fingerprint density at radius 1 is 1.13 bits per heavy atom. The minimum atomic E-state index is -0.314. The molecule has 2 atom stereocenters. The quantitative estimate of drug-likeness (QED) is 0.853. The molecule has 2 amide bonds. The number of hydrogen-bond donors (Lipinski definition) is 0. The van der Waals surface area contributed by atoms with E-state index < -0.39 is 0 Å². The molecule has 124 valence electrons. The van der Waals surface area contributed by atoms with Crippen molar-refractivity contribution < 1.29 is 14.0 Å². The molecule has 2 unspecified atom stereocenters. The molecule has 0 aromatic carbocycles. The highest BCUT2D eigenvalue weighted by Crippen LogP contribution is 2.45. The van der Waals surface area contributed by atoms with Gasteiger partial charge >= 0.3 is 0 Å². The minimum Gasteiger partial charge on any atom is -0.472 e. The Morgan fingerprint density at radius 2 is 1.91 bits per heavy atom. The van der Waals surface area contributed by atoms with Gasteiger partial charge in [-0.05, 0) is 38.2 Å². The fourth-order valence-corrected chi connectivity index (χ4v) is 4.91. The van der Waals surface area contributed by atoms with E-state index >= 15 is 0 Å². The van der Waals surface area contributed by atoms with Gasteiger partial charge < -0.3 is 14.2 Å². The number of hydrogen-bond acceptors (Lipinski definition) is 4. The van der Waals surface area contributed by atoms with E-state index in [0.717, 1.165) is 44.3 Å². The lowest BCUT2D eigenvalue weighted by molar-refractivity contribution is -0.146. The number of rotatable bonds is 3. The Kier molecular flexibility index (Phi) is 4.09. The van der Waals surface area contributed by atoms with Gasteiger partial charge in [0.15, 0.2) is 0 Å². The molecule has 3 heterocycles. The summed E-state index contributed by atoms with van der Waals surface area (Å²) < 4.78 is 5.20. The van der Waals surface area contributed by atoms with Gasteiger partial charge in [0.25, 0.3) is 0 Å². The fraction of sp³-hybridized carbons (Fsp3) is 0.647. The van der Waals surface area contributed by atoms with Gasteiger partial charge in [-0.25, -0.2) is 0 Å². The van der Waals surface area contributed by atoms with E-state index in [2.05, 4.69) is 0 Å². The number of thioether (sulfide) groups is 1. The fourth-order valence-electron chi connectivity index (χ4n) is 3.50. The van der Waals surface area contributed by atoms with Crippen molar-refractivity contribution in [2.24, 2.45) is 5.92 Å². The van der Waals surface area contributed by atoms with Gasteiger partial charge in [0, 0.05) is 30.3 Å². The van der Waals surface area contributed by atoms with Gasteiger partial charge in [0.2, 0.25) is 11.8 Å². The van der Waals surface area contributed by atoms with Crippen molar-refractivity contribution in [3.05, 3.63) is 24.2 Å². The predicted molar refractivity (Wildman–Crippen MR) is 87.7 cm³/mol. The molecule has 6 heteroatoms. The van der Waals surface area contributed by atoms with Gasteiger partial charge in [-0.2, -0.15) is 0 Å². The monoisotopic (exact) mass is 334 g/mol. The van der Waals surface area contributed by atoms with Crippen LogP contribution < -0.4 is 0 Å². The summed E-state index contributed by atoms with van der Waals surface area (Å²) in [4.78, 5) is 29.6. The average molecular weight is 334 g/mol. The van der Waals surface area contributed by atoms with Gasteiger partial charge in [-0.3, -0.25) is 9.59 Å². The predicted octanol–water partition coefficient (Wildman–Crippen LogP) is 2.64. The van der Waals surface area contributed by atoms with Gasteiger partial charge in [-0.15, -0.1) is 11.8 Å². The molecule has 1 aromatic heterocycles. The highest BCUT2D eigenvalue weighted by Gasteiger charge is 2.47. The second kappa shape index (κ2) is 6.23. The maximum absolute atomic E-state index is 13.0. The zero-order chi connectivity index (χ0) is 15.8. The maximum Gasteiger partial charge on any atom is 0.246 e. The molecule has 0 spiro atoms. The number of amides is 2. The molecule has 2 aliphatic heterocycles. The van der Waals surface area contributed by atoms with E-state index in [-0.39, 0.29) is 29.1 Å². The summed E-state index contributed by atoms with van der Waals surface area (Å²) in [6.07, 6.45) is 8.60. The molecule has 2 saturated heterocycles. The third kappa shape index (κ3) is 2.89. The van der Waals surface area contributed by atoms with Gasteiger partial charge in [0.1, 0.15) is 11.4 Å². The van der Waals surface area contributed by atoms with Gasteiger partial charge in [-0.1, -0.05) is 0 Å². The maximum atomic E-state index is 13.0. The van der Waals surface area contributed by atoms with E-state index in [4.69, 9.17) is 4.42 Å². The largest absolute Gasteiger partial charge is 0.472 e. The van der Waals surface area contributed by atoms with Crippen molar-refractivity contribution in [2.45, 2.75) is 43.5 Å². The Morgan fingerprint density at radius 3 is 2.57 bits per heavy atom. The van der Waals surface area contributed by atoms with E-state index in [1.165, 1.54) is 6.42 Å². The van der Waals surface area contributed by atoms with Crippen molar-refractivity contribution in [1.29, 1.82) is 0 Å². The second-order valence-corrected chi connectivity index (χ2v) is 7.78. The van der Waals surface area contributed by atoms with Crippen LogP contribution in [-0.2, 0) is 9.59 Å². The number of piperidine rings is 1. The molecule has 1 saturated carbocycles. The Hall–Kier alpha value is -1.43. The van der Waals surface area contributed by atoms with Crippen LogP contribution in [0.3, 0.4) is 0 Å². The molecule has 1 aromatic rings. The second-order valence-electron chi connectivity index (χ2n) is 6.66. The number of carbonyl (C=O) groups is 2. The number of carbonyl (C=O) groups excluding carboxylic acids is 2.